The first-order valence-corrected chi connectivity index (χ1v) is 7.60. The zero-order valence-corrected chi connectivity index (χ0v) is 12.1. The molecule has 1 aromatic carbocycles. The predicted octanol–water partition coefficient (Wildman–Crippen LogP) is 3.93. The molecule has 0 aliphatic heterocycles. The van der Waals surface area contributed by atoms with E-state index in [1.807, 2.05) is 6.07 Å². The van der Waals surface area contributed by atoms with E-state index in [9.17, 15) is 4.79 Å². The van der Waals surface area contributed by atoms with Crippen molar-refractivity contribution in [3.05, 3.63) is 47.5 Å². The van der Waals surface area contributed by atoms with Crippen molar-refractivity contribution in [1.82, 2.24) is 0 Å². The van der Waals surface area contributed by atoms with E-state index < -0.39 is 0 Å². The highest BCUT2D eigenvalue weighted by Crippen LogP contribution is 2.49. The van der Waals surface area contributed by atoms with Gasteiger partial charge >= 0.3 is 5.97 Å². The Morgan fingerprint density at radius 2 is 2.20 bits per heavy atom. The molecule has 2 aliphatic rings. The molecule has 1 saturated carbocycles. The summed E-state index contributed by atoms with van der Waals surface area (Å²) in [5.74, 6) is 0.495. The molecule has 0 bridgehead atoms. The van der Waals surface area contributed by atoms with E-state index >= 15 is 0 Å². The van der Waals surface area contributed by atoms with Gasteiger partial charge in [-0.25, -0.2) is 0 Å². The van der Waals surface area contributed by atoms with Crippen LogP contribution in [-0.2, 0) is 14.9 Å². The van der Waals surface area contributed by atoms with E-state index in [1.165, 1.54) is 5.56 Å². The molecule has 20 heavy (non-hydrogen) atoms. The summed E-state index contributed by atoms with van der Waals surface area (Å²) in [5.41, 5.74) is 2.00. The number of ether oxygens (including phenoxy) is 1. The topological polar surface area (TPSA) is 26.3 Å². The summed E-state index contributed by atoms with van der Waals surface area (Å²) in [5, 5.41) is 0. The number of benzene rings is 1. The molecule has 2 aliphatic carbocycles. The zero-order valence-electron chi connectivity index (χ0n) is 12.1. The summed E-state index contributed by atoms with van der Waals surface area (Å²) in [6.07, 6.45) is 9.58. The van der Waals surface area contributed by atoms with Gasteiger partial charge in [-0.05, 0) is 50.5 Å². The Morgan fingerprint density at radius 1 is 1.35 bits per heavy atom. The number of aryl methyl sites for hydroxylation is 1. The Bertz CT molecular complexity index is 526. The Balaban J connectivity index is 1.63. The highest BCUT2D eigenvalue weighted by atomic mass is 16.5. The lowest BCUT2D eigenvalue weighted by molar-refractivity contribution is -0.148. The maximum atomic E-state index is 12.4. The number of allylic oxidation sites excluding steroid dienone is 2. The Kier molecular flexibility index (Phi) is 3.64. The number of hydrogen-bond acceptors (Lipinski definition) is 2. The SMILES string of the molecule is Cc1cccc(C2(C(=O)OCC3CC=CCC3)CC2)c1. The number of hydrogen-bond donors (Lipinski definition) is 0. The fourth-order valence-electron chi connectivity index (χ4n) is 3.02. The molecule has 0 amide bonds. The molecule has 1 atom stereocenters. The lowest BCUT2D eigenvalue weighted by Gasteiger charge is -2.20. The van der Waals surface area contributed by atoms with Crippen molar-refractivity contribution in [3.8, 4) is 0 Å². The van der Waals surface area contributed by atoms with Gasteiger partial charge in [0.25, 0.3) is 0 Å². The maximum absolute atomic E-state index is 12.4. The van der Waals surface area contributed by atoms with E-state index in [0.29, 0.717) is 12.5 Å². The van der Waals surface area contributed by atoms with Crippen LogP contribution >= 0.6 is 0 Å². The first kappa shape index (κ1) is 13.4. The maximum Gasteiger partial charge on any atom is 0.316 e. The van der Waals surface area contributed by atoms with Gasteiger partial charge < -0.3 is 4.74 Å². The number of carbonyl (C=O) groups is 1. The number of esters is 1. The molecule has 1 fully saturated rings. The van der Waals surface area contributed by atoms with Crippen LogP contribution in [-0.4, -0.2) is 12.6 Å². The van der Waals surface area contributed by atoms with Crippen molar-refractivity contribution in [2.75, 3.05) is 6.61 Å². The Labute approximate surface area is 120 Å². The molecule has 0 spiro atoms. The van der Waals surface area contributed by atoms with Gasteiger partial charge in [0.05, 0.1) is 12.0 Å². The van der Waals surface area contributed by atoms with E-state index in [2.05, 4.69) is 37.3 Å². The first-order valence-electron chi connectivity index (χ1n) is 7.60. The third-order valence-corrected chi connectivity index (χ3v) is 4.54. The second-order valence-corrected chi connectivity index (χ2v) is 6.20. The van der Waals surface area contributed by atoms with Gasteiger partial charge in [-0.15, -0.1) is 0 Å². The van der Waals surface area contributed by atoms with E-state index in [0.717, 1.165) is 37.7 Å². The average molecular weight is 270 g/mol. The third-order valence-electron chi connectivity index (χ3n) is 4.54. The highest BCUT2D eigenvalue weighted by Gasteiger charge is 2.52. The van der Waals surface area contributed by atoms with Gasteiger partial charge in [0, 0.05) is 0 Å². The second-order valence-electron chi connectivity index (χ2n) is 6.20. The molecule has 0 N–H and O–H groups in total. The molecule has 2 heteroatoms. The monoisotopic (exact) mass is 270 g/mol. The molecule has 1 unspecified atom stereocenters. The van der Waals surface area contributed by atoms with E-state index in [1.54, 1.807) is 0 Å². The predicted molar refractivity (Wildman–Crippen MR) is 79.5 cm³/mol. The summed E-state index contributed by atoms with van der Waals surface area (Å²) in [7, 11) is 0. The van der Waals surface area contributed by atoms with Crippen LogP contribution in [0.5, 0.6) is 0 Å². The normalized spacial score (nSPS) is 23.4. The van der Waals surface area contributed by atoms with Gasteiger partial charge in [-0.2, -0.15) is 0 Å². The summed E-state index contributed by atoms with van der Waals surface area (Å²) < 4.78 is 5.63. The van der Waals surface area contributed by atoms with Crippen LogP contribution < -0.4 is 0 Å². The lowest BCUT2D eigenvalue weighted by Crippen LogP contribution is -2.26. The minimum atomic E-state index is -0.337. The molecule has 0 saturated heterocycles. The lowest BCUT2D eigenvalue weighted by atomic mass is 9.94. The van der Waals surface area contributed by atoms with Crippen LogP contribution in [0.3, 0.4) is 0 Å². The van der Waals surface area contributed by atoms with Gasteiger partial charge in [0.1, 0.15) is 0 Å². The van der Waals surface area contributed by atoms with Crippen molar-refractivity contribution in [1.29, 1.82) is 0 Å². The number of carbonyl (C=O) groups excluding carboxylic acids is 1. The highest BCUT2D eigenvalue weighted by molar-refractivity contribution is 5.86. The average Bonchev–Trinajstić information content (AvgIpc) is 3.28. The Hall–Kier alpha value is -1.57. The van der Waals surface area contributed by atoms with E-state index in [-0.39, 0.29) is 11.4 Å². The molecular formula is C18H22O2. The quantitative estimate of drug-likeness (QED) is 0.612. The van der Waals surface area contributed by atoms with Crippen molar-refractivity contribution in [2.45, 2.75) is 44.4 Å². The molecular weight excluding hydrogens is 248 g/mol. The van der Waals surface area contributed by atoms with Gasteiger partial charge in [0.15, 0.2) is 0 Å². The molecule has 0 heterocycles. The van der Waals surface area contributed by atoms with Crippen LogP contribution in [0.25, 0.3) is 0 Å². The summed E-state index contributed by atoms with van der Waals surface area (Å²) in [6, 6.07) is 8.28. The number of rotatable bonds is 4. The minimum absolute atomic E-state index is 0.0161. The molecule has 2 nitrogen and oxygen atoms in total. The standard InChI is InChI=1S/C18H22O2/c1-14-6-5-9-16(12-14)18(10-11-18)17(19)20-13-15-7-3-2-4-8-15/h2-3,5-6,9,12,15H,4,7-8,10-11,13H2,1H3. The molecule has 106 valence electrons. The second kappa shape index (κ2) is 5.43. The molecule has 0 aromatic heterocycles. The van der Waals surface area contributed by atoms with Crippen LogP contribution in [0, 0.1) is 12.8 Å². The van der Waals surface area contributed by atoms with Gasteiger partial charge in [-0.1, -0.05) is 42.0 Å². The fourth-order valence-corrected chi connectivity index (χ4v) is 3.02. The van der Waals surface area contributed by atoms with Crippen LogP contribution in [0.4, 0.5) is 0 Å². The fraction of sp³-hybridized carbons (Fsp3) is 0.500. The van der Waals surface area contributed by atoms with Crippen LogP contribution in [0.1, 0.15) is 43.2 Å². The van der Waals surface area contributed by atoms with Crippen LogP contribution in [0.2, 0.25) is 0 Å². The summed E-state index contributed by atoms with van der Waals surface area (Å²) in [6.45, 7) is 2.65. The van der Waals surface area contributed by atoms with Gasteiger partial charge in [-0.3, -0.25) is 4.79 Å². The first-order chi connectivity index (χ1) is 9.71. The largest absolute Gasteiger partial charge is 0.465 e. The van der Waals surface area contributed by atoms with E-state index in [4.69, 9.17) is 4.74 Å². The van der Waals surface area contributed by atoms with Crippen molar-refractivity contribution < 1.29 is 9.53 Å². The summed E-state index contributed by atoms with van der Waals surface area (Å²) >= 11 is 0. The minimum Gasteiger partial charge on any atom is -0.465 e. The van der Waals surface area contributed by atoms with Crippen LogP contribution in [0.15, 0.2) is 36.4 Å². The zero-order chi connectivity index (χ0) is 14.0. The molecule has 1 aromatic rings. The van der Waals surface area contributed by atoms with Crippen molar-refractivity contribution in [3.63, 3.8) is 0 Å². The summed E-state index contributed by atoms with van der Waals surface area (Å²) in [4.78, 5) is 12.4. The molecule has 0 radical (unpaired) electrons. The van der Waals surface area contributed by atoms with Crippen molar-refractivity contribution in [2.24, 2.45) is 5.92 Å². The van der Waals surface area contributed by atoms with Crippen molar-refractivity contribution >= 4 is 5.97 Å². The third kappa shape index (κ3) is 2.65. The molecule has 3 rings (SSSR count). The van der Waals surface area contributed by atoms with Gasteiger partial charge in [0.2, 0.25) is 0 Å². The smallest absolute Gasteiger partial charge is 0.316 e. The Morgan fingerprint density at radius 3 is 2.85 bits per heavy atom.